The van der Waals surface area contributed by atoms with Crippen LogP contribution in [0, 0.1) is 5.92 Å². The minimum Gasteiger partial charge on any atom is -0.298 e. The molecule has 1 saturated carbocycles. The van der Waals surface area contributed by atoms with Gasteiger partial charge in [-0.05, 0) is 37.1 Å². The molecule has 1 fully saturated rings. The summed E-state index contributed by atoms with van der Waals surface area (Å²) in [6.45, 7) is 0. The number of Topliss-reactive ketones (excluding diaryl/α,β-unsaturated/α-hetero) is 1. The lowest BCUT2D eigenvalue weighted by molar-refractivity contribution is -0.120. The van der Waals surface area contributed by atoms with Gasteiger partial charge in [-0.15, -0.1) is 11.8 Å². The van der Waals surface area contributed by atoms with Gasteiger partial charge in [-0.1, -0.05) is 41.6 Å². The summed E-state index contributed by atoms with van der Waals surface area (Å²) >= 11 is 5.09. The second kappa shape index (κ2) is 7.34. The Morgan fingerprint density at radius 1 is 1.11 bits per heavy atom. The zero-order valence-corrected chi connectivity index (χ0v) is 12.9. The van der Waals surface area contributed by atoms with Crippen LogP contribution in [0.3, 0.4) is 0 Å². The van der Waals surface area contributed by atoms with Crippen LogP contribution in [-0.4, -0.2) is 11.5 Å². The van der Waals surface area contributed by atoms with Crippen LogP contribution in [0.1, 0.15) is 38.5 Å². The Hall–Kier alpha value is -0.280. The zero-order chi connectivity index (χ0) is 12.8. The lowest BCUT2D eigenvalue weighted by Crippen LogP contribution is -2.15. The summed E-state index contributed by atoms with van der Waals surface area (Å²) in [6.07, 6.45) is 7.31. The molecule has 0 heterocycles. The largest absolute Gasteiger partial charge is 0.298 e. The predicted molar refractivity (Wildman–Crippen MR) is 81.1 cm³/mol. The van der Waals surface area contributed by atoms with E-state index in [-0.39, 0.29) is 0 Å². The molecule has 3 heteroatoms. The molecule has 0 atom stereocenters. The Kier molecular flexibility index (Phi) is 5.77. The average molecular weight is 327 g/mol. The van der Waals surface area contributed by atoms with Gasteiger partial charge < -0.3 is 0 Å². The fraction of sp³-hybridized carbons (Fsp3) is 0.533. The van der Waals surface area contributed by atoms with Crippen LogP contribution in [0.15, 0.2) is 33.6 Å². The first kappa shape index (κ1) is 14.1. The Balaban J connectivity index is 1.81. The molecule has 1 aromatic carbocycles. The minimum absolute atomic E-state index is 0.329. The number of hydrogen-bond acceptors (Lipinski definition) is 2. The molecular formula is C15H19BrOS. The molecule has 1 nitrogen and oxygen atoms in total. The molecular weight excluding hydrogens is 308 g/mol. The fourth-order valence-electron chi connectivity index (χ4n) is 2.40. The fourth-order valence-corrected chi connectivity index (χ4v) is 3.54. The summed E-state index contributed by atoms with van der Waals surface area (Å²) in [5.41, 5.74) is 0. The van der Waals surface area contributed by atoms with Gasteiger partial charge in [0, 0.05) is 15.3 Å². The third kappa shape index (κ3) is 4.43. The van der Waals surface area contributed by atoms with Crippen LogP contribution in [0.25, 0.3) is 0 Å². The average Bonchev–Trinajstić information content (AvgIpc) is 2.66. The Morgan fingerprint density at radius 2 is 1.72 bits per heavy atom. The monoisotopic (exact) mass is 326 g/mol. The summed E-state index contributed by atoms with van der Waals surface area (Å²) < 4.78 is 1.09. The normalized spacial score (nSPS) is 17.4. The first-order chi connectivity index (χ1) is 8.75. The summed E-state index contributed by atoms with van der Waals surface area (Å²) in [4.78, 5) is 13.3. The van der Waals surface area contributed by atoms with Crippen LogP contribution in [0.2, 0.25) is 0 Å². The zero-order valence-electron chi connectivity index (χ0n) is 10.5. The highest BCUT2D eigenvalue weighted by molar-refractivity contribution is 9.10. The SMILES string of the molecule is O=C(CSc1ccc(Br)cc1)C1CCCCCC1. The van der Waals surface area contributed by atoms with Crippen molar-refractivity contribution in [1.29, 1.82) is 0 Å². The van der Waals surface area contributed by atoms with Crippen molar-refractivity contribution >= 4 is 33.5 Å². The van der Waals surface area contributed by atoms with E-state index in [4.69, 9.17) is 0 Å². The summed E-state index contributed by atoms with van der Waals surface area (Å²) in [7, 11) is 0. The van der Waals surface area contributed by atoms with Crippen LogP contribution in [-0.2, 0) is 4.79 Å². The molecule has 0 aromatic heterocycles. The van der Waals surface area contributed by atoms with Crippen molar-refractivity contribution in [2.24, 2.45) is 5.92 Å². The standard InChI is InChI=1S/C15H19BrOS/c16-13-7-9-14(10-8-13)18-11-15(17)12-5-3-1-2-4-6-12/h7-10,12H,1-6,11H2. The van der Waals surface area contributed by atoms with E-state index in [0.717, 1.165) is 17.3 Å². The summed E-state index contributed by atoms with van der Waals surface area (Å²) in [5.74, 6) is 1.41. The first-order valence-electron chi connectivity index (χ1n) is 6.67. The maximum atomic E-state index is 12.2. The summed E-state index contributed by atoms with van der Waals surface area (Å²) in [6, 6.07) is 8.18. The van der Waals surface area contributed by atoms with Crippen molar-refractivity contribution in [2.75, 3.05) is 5.75 Å². The highest BCUT2D eigenvalue weighted by atomic mass is 79.9. The van der Waals surface area contributed by atoms with Crippen molar-refractivity contribution in [3.8, 4) is 0 Å². The van der Waals surface area contributed by atoms with Crippen LogP contribution in [0.4, 0.5) is 0 Å². The number of benzene rings is 1. The number of halogens is 1. The van der Waals surface area contributed by atoms with Gasteiger partial charge in [-0.2, -0.15) is 0 Å². The van der Waals surface area contributed by atoms with Crippen molar-refractivity contribution in [2.45, 2.75) is 43.4 Å². The van der Waals surface area contributed by atoms with E-state index >= 15 is 0 Å². The molecule has 1 aliphatic rings. The van der Waals surface area contributed by atoms with Crippen molar-refractivity contribution in [3.05, 3.63) is 28.7 Å². The lowest BCUT2D eigenvalue weighted by atomic mass is 9.96. The second-order valence-corrected chi connectivity index (χ2v) is 6.86. The quantitative estimate of drug-likeness (QED) is 0.566. The van der Waals surface area contributed by atoms with Crippen molar-refractivity contribution < 1.29 is 4.79 Å². The Bertz CT molecular complexity index is 380. The molecule has 0 aliphatic heterocycles. The van der Waals surface area contributed by atoms with Crippen molar-refractivity contribution in [1.82, 2.24) is 0 Å². The maximum Gasteiger partial charge on any atom is 0.146 e. The smallest absolute Gasteiger partial charge is 0.146 e. The number of thioether (sulfide) groups is 1. The number of rotatable bonds is 4. The van der Waals surface area contributed by atoms with Gasteiger partial charge in [-0.25, -0.2) is 0 Å². The molecule has 98 valence electrons. The number of hydrogen-bond donors (Lipinski definition) is 0. The Morgan fingerprint density at radius 3 is 2.33 bits per heavy atom. The number of carbonyl (C=O) groups is 1. The molecule has 0 radical (unpaired) electrons. The number of carbonyl (C=O) groups excluding carboxylic acids is 1. The summed E-state index contributed by atoms with van der Waals surface area (Å²) in [5, 5.41) is 0. The second-order valence-electron chi connectivity index (χ2n) is 4.90. The maximum absolute atomic E-state index is 12.2. The van der Waals surface area contributed by atoms with Gasteiger partial charge in [0.15, 0.2) is 0 Å². The first-order valence-corrected chi connectivity index (χ1v) is 8.44. The molecule has 0 bridgehead atoms. The molecule has 1 aliphatic carbocycles. The molecule has 0 N–H and O–H groups in total. The third-order valence-electron chi connectivity index (χ3n) is 3.51. The van der Waals surface area contributed by atoms with Gasteiger partial charge in [0.1, 0.15) is 5.78 Å². The third-order valence-corrected chi connectivity index (χ3v) is 5.07. The van der Waals surface area contributed by atoms with E-state index < -0.39 is 0 Å². The molecule has 1 aromatic rings. The van der Waals surface area contributed by atoms with Gasteiger partial charge in [-0.3, -0.25) is 4.79 Å². The Labute approximate surface area is 122 Å². The molecule has 0 unspecified atom stereocenters. The molecule has 2 rings (SSSR count). The highest BCUT2D eigenvalue weighted by Gasteiger charge is 2.19. The van der Waals surface area contributed by atoms with Crippen LogP contribution < -0.4 is 0 Å². The molecule has 0 saturated heterocycles. The van der Waals surface area contributed by atoms with E-state index in [2.05, 4.69) is 28.1 Å². The van der Waals surface area contributed by atoms with Gasteiger partial charge in [0.25, 0.3) is 0 Å². The van der Waals surface area contributed by atoms with E-state index in [1.54, 1.807) is 11.8 Å². The highest BCUT2D eigenvalue weighted by Crippen LogP contribution is 2.27. The van der Waals surface area contributed by atoms with Crippen molar-refractivity contribution in [3.63, 3.8) is 0 Å². The van der Waals surface area contributed by atoms with Gasteiger partial charge in [0.05, 0.1) is 5.75 Å². The molecule has 0 spiro atoms. The van der Waals surface area contributed by atoms with E-state index in [1.165, 1.54) is 30.6 Å². The predicted octanol–water partition coefficient (Wildman–Crippen LogP) is 5.08. The van der Waals surface area contributed by atoms with E-state index in [1.807, 2.05) is 12.1 Å². The van der Waals surface area contributed by atoms with Gasteiger partial charge in [0.2, 0.25) is 0 Å². The molecule has 0 amide bonds. The van der Waals surface area contributed by atoms with Crippen LogP contribution in [0.5, 0.6) is 0 Å². The van der Waals surface area contributed by atoms with Gasteiger partial charge >= 0.3 is 0 Å². The lowest BCUT2D eigenvalue weighted by Gasteiger charge is -2.12. The van der Waals surface area contributed by atoms with E-state index in [0.29, 0.717) is 17.5 Å². The molecule has 18 heavy (non-hydrogen) atoms. The van der Waals surface area contributed by atoms with E-state index in [9.17, 15) is 4.79 Å². The number of ketones is 1. The topological polar surface area (TPSA) is 17.1 Å². The van der Waals surface area contributed by atoms with Crippen LogP contribution >= 0.6 is 27.7 Å². The minimum atomic E-state index is 0.329.